The average molecular weight is 811 g/mol. The van der Waals surface area contributed by atoms with Crippen LogP contribution in [-0.4, -0.2) is 49.8 Å². The van der Waals surface area contributed by atoms with Crippen LogP contribution in [-0.2, 0) is 40.0 Å². The zero-order valence-corrected chi connectivity index (χ0v) is 30.4. The van der Waals surface area contributed by atoms with E-state index in [2.05, 4.69) is 4.18 Å². The van der Waals surface area contributed by atoms with Gasteiger partial charge < -0.3 is 14.2 Å². The van der Waals surface area contributed by atoms with Crippen LogP contribution in [0.1, 0.15) is 27.0 Å². The van der Waals surface area contributed by atoms with E-state index in [1.807, 2.05) is 0 Å². The third kappa shape index (κ3) is 8.24. The highest BCUT2D eigenvalue weighted by molar-refractivity contribution is 7.91. The molecular weight excluding hydrogens is 785 g/mol. The van der Waals surface area contributed by atoms with E-state index in [-0.39, 0.29) is 49.5 Å². The molecule has 0 saturated heterocycles. The van der Waals surface area contributed by atoms with Crippen molar-refractivity contribution >= 4 is 35.9 Å². The second kappa shape index (κ2) is 15.2. The van der Waals surface area contributed by atoms with Crippen molar-refractivity contribution in [2.45, 2.75) is 27.4 Å². The maximum atomic E-state index is 14.2. The predicted molar refractivity (Wildman–Crippen MR) is 182 cm³/mol. The Balaban J connectivity index is 1.38. The minimum atomic E-state index is -4.69. The van der Waals surface area contributed by atoms with Gasteiger partial charge in [-0.05, 0) is 91.9 Å². The maximum absolute atomic E-state index is 14.2. The number of ether oxygens (including phenoxy) is 3. The third-order valence-electron chi connectivity index (χ3n) is 7.73. The van der Waals surface area contributed by atoms with Crippen LogP contribution < -0.4 is 14.2 Å². The monoisotopic (exact) mass is 810 g/mol. The molecule has 0 bridgehead atoms. The number of carbonyl (C=O) groups excluding carboxylic acids is 1. The van der Waals surface area contributed by atoms with Crippen LogP contribution in [0.3, 0.4) is 0 Å². The number of sulfone groups is 1. The summed E-state index contributed by atoms with van der Waals surface area (Å²) < 4.78 is 161. The molecule has 0 amide bonds. The van der Waals surface area contributed by atoms with Crippen molar-refractivity contribution in [3.05, 3.63) is 130 Å². The SMILES string of the molecule is COc1ccc(C(=O)c2ccc(Oc3ccc(S(=O)(=O)c4ccc(Oc5c(F)c(F)c(C)c(F)c5F)cc4)cc3)c(CS(=O)(=O)O)c2)cc1S(=O)(=O)OC. The lowest BCUT2D eigenvalue weighted by Crippen LogP contribution is -2.09. The van der Waals surface area contributed by atoms with Crippen molar-refractivity contribution in [2.24, 2.45) is 0 Å². The lowest BCUT2D eigenvalue weighted by Gasteiger charge is -2.14. The van der Waals surface area contributed by atoms with Gasteiger partial charge in [0.15, 0.2) is 17.4 Å². The molecule has 0 spiro atoms. The van der Waals surface area contributed by atoms with Gasteiger partial charge in [0.05, 0.1) is 24.0 Å². The molecule has 1 N–H and O–H groups in total. The molecule has 284 valence electrons. The van der Waals surface area contributed by atoms with Crippen LogP contribution in [0, 0.1) is 30.2 Å². The molecule has 0 aliphatic heterocycles. The minimum absolute atomic E-state index is 0.000420. The van der Waals surface area contributed by atoms with Crippen LogP contribution in [0.25, 0.3) is 0 Å². The van der Waals surface area contributed by atoms with Crippen molar-refractivity contribution in [1.82, 2.24) is 0 Å². The number of methoxy groups -OCH3 is 1. The molecular formula is C35H26F4O12S3. The van der Waals surface area contributed by atoms with Gasteiger partial charge in [0.2, 0.25) is 27.2 Å². The van der Waals surface area contributed by atoms with Crippen molar-refractivity contribution in [1.29, 1.82) is 0 Å². The lowest BCUT2D eigenvalue weighted by molar-refractivity contribution is 0.103. The van der Waals surface area contributed by atoms with Gasteiger partial charge >= 0.3 is 0 Å². The fraction of sp³-hybridized carbons (Fsp3) is 0.114. The number of halogens is 4. The standard InChI is InChI=1S/C35H26F4O12S3/c1-19-30(36)32(38)35(33(39)31(19)37)51-24-8-12-26(13-9-24)53(44,45)25-10-6-23(7-11-25)50-27-14-4-20(16-22(27)18-52(41,42)43)34(40)21-5-15-28(48-2)29(17-21)54(46,47)49-3/h4-17H,18H2,1-3H3,(H,41,42,43). The molecule has 0 aromatic heterocycles. The molecule has 19 heteroatoms. The Morgan fingerprint density at radius 2 is 1.13 bits per heavy atom. The van der Waals surface area contributed by atoms with Crippen LogP contribution in [0.5, 0.6) is 28.7 Å². The van der Waals surface area contributed by atoms with E-state index in [1.165, 1.54) is 43.5 Å². The Morgan fingerprint density at radius 3 is 1.61 bits per heavy atom. The van der Waals surface area contributed by atoms with E-state index in [4.69, 9.17) is 14.2 Å². The number of ketones is 1. The van der Waals surface area contributed by atoms with Crippen molar-refractivity contribution < 1.29 is 70.6 Å². The zero-order valence-electron chi connectivity index (χ0n) is 28.0. The molecule has 0 aliphatic rings. The summed E-state index contributed by atoms with van der Waals surface area (Å²) in [6.45, 7) is 0.838. The van der Waals surface area contributed by atoms with E-state index in [9.17, 15) is 52.2 Å². The summed E-state index contributed by atoms with van der Waals surface area (Å²) in [4.78, 5) is 12.4. The number of hydrogen-bond donors (Lipinski definition) is 1. The Morgan fingerprint density at radius 1 is 0.648 bits per heavy atom. The highest BCUT2D eigenvalue weighted by atomic mass is 32.2. The first-order valence-electron chi connectivity index (χ1n) is 15.0. The Hall–Kier alpha value is -5.34. The van der Waals surface area contributed by atoms with Gasteiger partial charge in [0.1, 0.15) is 33.6 Å². The van der Waals surface area contributed by atoms with E-state index in [0.717, 1.165) is 62.6 Å². The van der Waals surface area contributed by atoms with Crippen molar-refractivity contribution in [2.75, 3.05) is 14.2 Å². The largest absolute Gasteiger partial charge is 0.495 e. The molecule has 5 aromatic carbocycles. The van der Waals surface area contributed by atoms with Crippen LogP contribution >= 0.6 is 0 Å². The second-order valence-corrected chi connectivity index (χ2v) is 16.3. The van der Waals surface area contributed by atoms with Crippen LogP contribution in [0.15, 0.2) is 99.6 Å². The first kappa shape index (κ1) is 39.9. The molecule has 54 heavy (non-hydrogen) atoms. The van der Waals surface area contributed by atoms with Gasteiger partial charge in [0.25, 0.3) is 20.2 Å². The molecule has 0 atom stereocenters. The van der Waals surface area contributed by atoms with E-state index in [1.54, 1.807) is 0 Å². The fourth-order valence-electron chi connectivity index (χ4n) is 4.96. The minimum Gasteiger partial charge on any atom is -0.495 e. The Labute approximate surface area is 306 Å². The molecule has 0 fully saturated rings. The Bertz CT molecular complexity index is 2580. The quantitative estimate of drug-likeness (QED) is 0.0427. The summed E-state index contributed by atoms with van der Waals surface area (Å²) in [5.74, 6) is -10.5. The fourth-order valence-corrected chi connectivity index (χ4v) is 7.69. The van der Waals surface area contributed by atoms with Crippen LogP contribution in [0.4, 0.5) is 17.6 Å². The predicted octanol–water partition coefficient (Wildman–Crippen LogP) is 6.93. The molecule has 0 aliphatic carbocycles. The molecule has 5 rings (SSSR count). The molecule has 0 unspecified atom stereocenters. The number of hydrogen-bond acceptors (Lipinski definition) is 11. The number of benzene rings is 5. The second-order valence-electron chi connectivity index (χ2n) is 11.2. The summed E-state index contributed by atoms with van der Waals surface area (Å²) in [5, 5.41) is 0. The van der Waals surface area contributed by atoms with Gasteiger partial charge in [-0.15, -0.1) is 0 Å². The average Bonchev–Trinajstić information content (AvgIpc) is 3.14. The highest BCUT2D eigenvalue weighted by Gasteiger charge is 2.26. The maximum Gasteiger partial charge on any atom is 0.300 e. The normalized spacial score (nSPS) is 12.0. The first-order chi connectivity index (χ1) is 25.3. The summed E-state index contributed by atoms with van der Waals surface area (Å²) in [5.41, 5.74) is -1.31. The van der Waals surface area contributed by atoms with E-state index in [0.29, 0.717) is 0 Å². The van der Waals surface area contributed by atoms with Gasteiger partial charge in [-0.3, -0.25) is 13.5 Å². The van der Waals surface area contributed by atoms with Gasteiger partial charge in [-0.25, -0.2) is 17.2 Å². The smallest absolute Gasteiger partial charge is 0.300 e. The lowest BCUT2D eigenvalue weighted by atomic mass is 10.0. The number of carbonyl (C=O) groups is 1. The topological polar surface area (TPSA) is 177 Å². The highest BCUT2D eigenvalue weighted by Crippen LogP contribution is 2.35. The number of rotatable bonds is 13. The van der Waals surface area contributed by atoms with E-state index >= 15 is 0 Å². The summed E-state index contributed by atoms with van der Waals surface area (Å²) >= 11 is 0. The van der Waals surface area contributed by atoms with E-state index < -0.39 is 81.1 Å². The molecule has 5 aromatic rings. The van der Waals surface area contributed by atoms with Gasteiger partial charge in [0, 0.05) is 22.3 Å². The molecule has 0 heterocycles. The zero-order chi connectivity index (χ0) is 39.7. The van der Waals surface area contributed by atoms with Crippen LogP contribution in [0.2, 0.25) is 0 Å². The summed E-state index contributed by atoms with van der Waals surface area (Å²) in [6, 6.07) is 15.9. The summed E-state index contributed by atoms with van der Waals surface area (Å²) in [6.07, 6.45) is 0. The molecule has 0 radical (unpaired) electrons. The first-order valence-corrected chi connectivity index (χ1v) is 19.5. The molecule has 12 nitrogen and oxygen atoms in total. The van der Waals surface area contributed by atoms with Gasteiger partial charge in [-0.1, -0.05) is 0 Å². The van der Waals surface area contributed by atoms with Crippen molar-refractivity contribution in [3.63, 3.8) is 0 Å². The summed E-state index contributed by atoms with van der Waals surface area (Å²) in [7, 11) is -11.1. The molecule has 0 saturated carbocycles. The van der Waals surface area contributed by atoms with Gasteiger partial charge in [-0.2, -0.15) is 25.6 Å². The third-order valence-corrected chi connectivity index (χ3v) is 11.5. The Kier molecular flexibility index (Phi) is 11.2. The van der Waals surface area contributed by atoms with Crippen molar-refractivity contribution in [3.8, 4) is 28.7 Å².